The van der Waals surface area contributed by atoms with Crippen molar-refractivity contribution < 1.29 is 5.11 Å². The van der Waals surface area contributed by atoms with E-state index in [0.717, 1.165) is 28.7 Å². The number of hydrogen-bond acceptors (Lipinski definition) is 2. The molecule has 0 spiro atoms. The molecule has 0 fully saturated rings. The van der Waals surface area contributed by atoms with Gasteiger partial charge < -0.3 is 10.4 Å². The maximum Gasteiger partial charge on any atom is 0.148 e. The maximum absolute atomic E-state index is 9.46. The lowest BCUT2D eigenvalue weighted by Crippen LogP contribution is -1.90. The summed E-state index contributed by atoms with van der Waals surface area (Å²) in [4.78, 5) is 0. The van der Waals surface area contributed by atoms with Crippen LogP contribution in [0.3, 0.4) is 0 Å². The number of fused-ring (bicyclic) bond motifs is 1. The van der Waals surface area contributed by atoms with Crippen LogP contribution in [0, 0.1) is 0 Å². The van der Waals surface area contributed by atoms with Gasteiger partial charge in [-0.25, -0.2) is 0 Å². The number of anilines is 1. The Morgan fingerprint density at radius 1 is 1.58 bits per heavy atom. The molecule has 64 valence electrons. The standard InChI is InChI=1S/C8H7BrClNO/c9-7-4-1-2-11-6(4)3-5(10)8(7)12/h3,11-12H,1-2H2. The van der Waals surface area contributed by atoms with Gasteiger partial charge in [0.2, 0.25) is 0 Å². The van der Waals surface area contributed by atoms with E-state index < -0.39 is 0 Å². The van der Waals surface area contributed by atoms with Crippen molar-refractivity contribution in [3.05, 3.63) is 21.1 Å². The lowest BCUT2D eigenvalue weighted by Gasteiger charge is -2.05. The molecule has 2 N–H and O–H groups in total. The lowest BCUT2D eigenvalue weighted by atomic mass is 10.1. The van der Waals surface area contributed by atoms with Crippen molar-refractivity contribution in [2.24, 2.45) is 0 Å². The molecule has 0 saturated carbocycles. The second kappa shape index (κ2) is 2.82. The normalized spacial score (nSPS) is 14.2. The smallest absolute Gasteiger partial charge is 0.148 e. The van der Waals surface area contributed by atoms with Crippen molar-refractivity contribution in [2.75, 3.05) is 11.9 Å². The number of phenols is 1. The summed E-state index contributed by atoms with van der Waals surface area (Å²) in [6.45, 7) is 0.910. The quantitative estimate of drug-likeness (QED) is 0.692. The molecular weight excluding hydrogens is 241 g/mol. The minimum atomic E-state index is 0.138. The molecule has 2 rings (SSSR count). The molecule has 0 amide bonds. The Bertz CT molecular complexity index is 340. The van der Waals surface area contributed by atoms with Gasteiger partial charge >= 0.3 is 0 Å². The zero-order valence-corrected chi connectivity index (χ0v) is 8.54. The summed E-state index contributed by atoms with van der Waals surface area (Å²) in [6, 6.07) is 1.75. The van der Waals surface area contributed by atoms with Crippen molar-refractivity contribution in [3.8, 4) is 5.75 Å². The molecule has 4 heteroatoms. The molecule has 0 aliphatic carbocycles. The second-order valence-electron chi connectivity index (χ2n) is 2.72. The summed E-state index contributed by atoms with van der Waals surface area (Å²) in [6.07, 6.45) is 0.931. The topological polar surface area (TPSA) is 32.3 Å². The molecule has 0 bridgehead atoms. The van der Waals surface area contributed by atoms with Crippen molar-refractivity contribution in [2.45, 2.75) is 6.42 Å². The first kappa shape index (κ1) is 8.20. The van der Waals surface area contributed by atoms with E-state index in [4.69, 9.17) is 11.6 Å². The molecule has 2 nitrogen and oxygen atoms in total. The molecule has 0 aromatic heterocycles. The summed E-state index contributed by atoms with van der Waals surface area (Å²) >= 11 is 9.09. The number of rotatable bonds is 0. The number of aromatic hydroxyl groups is 1. The van der Waals surface area contributed by atoms with Crippen LogP contribution >= 0.6 is 27.5 Å². The first-order valence-corrected chi connectivity index (χ1v) is 4.81. The van der Waals surface area contributed by atoms with Crippen molar-refractivity contribution in [3.63, 3.8) is 0 Å². The monoisotopic (exact) mass is 247 g/mol. The van der Waals surface area contributed by atoms with Gasteiger partial charge in [-0.05, 0) is 34.0 Å². The number of halogens is 2. The lowest BCUT2D eigenvalue weighted by molar-refractivity contribution is 0.471. The van der Waals surface area contributed by atoms with Crippen LogP contribution in [0.2, 0.25) is 5.02 Å². The first-order valence-electron chi connectivity index (χ1n) is 3.64. The molecule has 12 heavy (non-hydrogen) atoms. The van der Waals surface area contributed by atoms with Crippen LogP contribution in [-0.2, 0) is 6.42 Å². The molecule has 1 aliphatic heterocycles. The van der Waals surface area contributed by atoms with Gasteiger partial charge in [0.15, 0.2) is 0 Å². The average Bonchev–Trinajstić information content (AvgIpc) is 2.48. The van der Waals surface area contributed by atoms with Gasteiger partial charge in [-0.2, -0.15) is 0 Å². The van der Waals surface area contributed by atoms with Crippen LogP contribution in [0.1, 0.15) is 5.56 Å². The van der Waals surface area contributed by atoms with Crippen LogP contribution in [0.15, 0.2) is 10.5 Å². The van der Waals surface area contributed by atoms with E-state index in [1.54, 1.807) is 6.07 Å². The predicted molar refractivity (Wildman–Crippen MR) is 53.0 cm³/mol. The van der Waals surface area contributed by atoms with Gasteiger partial charge in [-0.3, -0.25) is 0 Å². The van der Waals surface area contributed by atoms with Gasteiger partial charge in [0.1, 0.15) is 5.75 Å². The van der Waals surface area contributed by atoms with E-state index in [2.05, 4.69) is 21.2 Å². The fourth-order valence-corrected chi connectivity index (χ4v) is 2.32. The van der Waals surface area contributed by atoms with E-state index in [1.165, 1.54) is 0 Å². The maximum atomic E-state index is 9.46. The minimum Gasteiger partial charge on any atom is -0.505 e. The highest BCUT2D eigenvalue weighted by atomic mass is 79.9. The molecule has 1 aromatic rings. The summed E-state index contributed by atoms with van der Waals surface area (Å²) < 4.78 is 0.718. The van der Waals surface area contributed by atoms with Gasteiger partial charge in [0, 0.05) is 12.2 Å². The number of benzene rings is 1. The summed E-state index contributed by atoms with van der Waals surface area (Å²) in [5.41, 5.74) is 2.13. The van der Waals surface area contributed by atoms with Gasteiger partial charge in [-0.1, -0.05) is 11.6 Å². The predicted octanol–water partition coefficient (Wildman–Crippen LogP) is 2.78. The van der Waals surface area contributed by atoms with Crippen LogP contribution in [0.25, 0.3) is 0 Å². The van der Waals surface area contributed by atoms with E-state index in [9.17, 15) is 5.11 Å². The third-order valence-corrected chi connectivity index (χ3v) is 3.13. The Balaban J connectivity index is 2.67. The van der Waals surface area contributed by atoms with Crippen molar-refractivity contribution in [1.82, 2.24) is 0 Å². The summed E-state index contributed by atoms with van der Waals surface area (Å²) in [5.74, 6) is 0.138. The highest BCUT2D eigenvalue weighted by molar-refractivity contribution is 9.10. The Morgan fingerprint density at radius 2 is 2.33 bits per heavy atom. The van der Waals surface area contributed by atoms with Gasteiger partial charge in [0.05, 0.1) is 9.50 Å². The van der Waals surface area contributed by atoms with Crippen LogP contribution in [0.5, 0.6) is 5.75 Å². The molecule has 0 unspecified atom stereocenters. The highest BCUT2D eigenvalue weighted by Gasteiger charge is 2.18. The fraction of sp³-hybridized carbons (Fsp3) is 0.250. The Labute approximate surface area is 83.7 Å². The summed E-state index contributed by atoms with van der Waals surface area (Å²) in [5, 5.41) is 13.0. The molecule has 1 aliphatic rings. The highest BCUT2D eigenvalue weighted by Crippen LogP contribution is 2.41. The van der Waals surface area contributed by atoms with E-state index in [1.807, 2.05) is 0 Å². The third kappa shape index (κ3) is 1.08. The van der Waals surface area contributed by atoms with Crippen LogP contribution < -0.4 is 5.32 Å². The SMILES string of the molecule is Oc1c(Cl)cc2c(c1Br)CCN2. The number of hydrogen-bond donors (Lipinski definition) is 2. The molecule has 0 radical (unpaired) electrons. The van der Waals surface area contributed by atoms with Crippen LogP contribution in [-0.4, -0.2) is 11.7 Å². The van der Waals surface area contributed by atoms with Crippen LogP contribution in [0.4, 0.5) is 5.69 Å². The Morgan fingerprint density at radius 3 is 3.08 bits per heavy atom. The van der Waals surface area contributed by atoms with Gasteiger partial charge in [0.25, 0.3) is 0 Å². The average molecular weight is 249 g/mol. The molecular formula is C8H7BrClNO. The zero-order valence-electron chi connectivity index (χ0n) is 6.19. The van der Waals surface area contributed by atoms with E-state index >= 15 is 0 Å². The Kier molecular flexibility index (Phi) is 1.93. The first-order chi connectivity index (χ1) is 5.70. The molecule has 0 saturated heterocycles. The summed E-state index contributed by atoms with van der Waals surface area (Å²) in [7, 11) is 0. The van der Waals surface area contributed by atoms with E-state index in [0.29, 0.717) is 5.02 Å². The Hall–Kier alpha value is -0.410. The van der Waals surface area contributed by atoms with Crippen molar-refractivity contribution >= 4 is 33.2 Å². The third-order valence-electron chi connectivity index (χ3n) is 1.99. The number of phenolic OH excluding ortho intramolecular Hbond substituents is 1. The molecule has 0 atom stereocenters. The van der Waals surface area contributed by atoms with E-state index in [-0.39, 0.29) is 5.75 Å². The van der Waals surface area contributed by atoms with Gasteiger partial charge in [-0.15, -0.1) is 0 Å². The molecule has 1 aromatic carbocycles. The second-order valence-corrected chi connectivity index (χ2v) is 3.92. The fourth-order valence-electron chi connectivity index (χ4n) is 1.37. The van der Waals surface area contributed by atoms with Crippen molar-refractivity contribution in [1.29, 1.82) is 0 Å². The minimum absolute atomic E-state index is 0.138. The zero-order chi connectivity index (χ0) is 8.72. The molecule has 1 heterocycles. The largest absolute Gasteiger partial charge is 0.505 e. The number of nitrogens with one attached hydrogen (secondary N) is 1.